The van der Waals surface area contributed by atoms with E-state index in [1.165, 1.54) is 13.0 Å². The number of phenolic OH excluding ortho intramolecular Hbond substituents is 1. The maximum atomic E-state index is 13.4. The first-order valence-corrected chi connectivity index (χ1v) is 10.8. The molecule has 0 aliphatic rings. The van der Waals surface area contributed by atoms with E-state index in [0.717, 1.165) is 10.5 Å². The van der Waals surface area contributed by atoms with Crippen LogP contribution in [0, 0.1) is 26.3 Å². The van der Waals surface area contributed by atoms with Crippen LogP contribution in [0.1, 0.15) is 50.4 Å². The quantitative estimate of drug-likeness (QED) is 0.441. The van der Waals surface area contributed by atoms with Gasteiger partial charge in [-0.05, 0) is 58.7 Å². The molecular formula is C26H31N3O5. The number of amides is 3. The lowest BCUT2D eigenvalue weighted by Crippen LogP contribution is -2.49. The number of carbonyl (C=O) groups is 3. The minimum Gasteiger partial charge on any atom is -0.507 e. The Bertz CT molecular complexity index is 1110. The van der Waals surface area contributed by atoms with Gasteiger partial charge in [0.25, 0.3) is 11.8 Å². The lowest BCUT2D eigenvalue weighted by molar-refractivity contribution is -0.136. The number of hydrogen-bond donors (Lipinski definition) is 3. The van der Waals surface area contributed by atoms with E-state index in [4.69, 9.17) is 11.2 Å². The van der Waals surface area contributed by atoms with E-state index in [-0.39, 0.29) is 11.3 Å². The van der Waals surface area contributed by atoms with Gasteiger partial charge in [0.2, 0.25) is 0 Å². The lowest BCUT2D eigenvalue weighted by atomic mass is 9.99. The zero-order valence-electron chi connectivity index (χ0n) is 20.3. The minimum atomic E-state index is -1.36. The number of ether oxygens (including phenoxy) is 1. The number of rotatable bonds is 6. The molecule has 8 nitrogen and oxygen atoms in total. The fourth-order valence-corrected chi connectivity index (χ4v) is 3.23. The van der Waals surface area contributed by atoms with E-state index in [1.807, 2.05) is 19.1 Å². The molecule has 0 saturated carbocycles. The van der Waals surface area contributed by atoms with Gasteiger partial charge in [0.05, 0.1) is 0 Å². The van der Waals surface area contributed by atoms with Crippen molar-refractivity contribution < 1.29 is 24.2 Å². The number of aryl methyl sites for hydroxylation is 2. The Morgan fingerprint density at radius 2 is 1.68 bits per heavy atom. The van der Waals surface area contributed by atoms with Crippen LogP contribution in [0.3, 0.4) is 0 Å². The largest absolute Gasteiger partial charge is 0.507 e. The van der Waals surface area contributed by atoms with Crippen molar-refractivity contribution in [3.05, 3.63) is 59.2 Å². The number of alkyl carbamates (subject to hydrolysis) is 1. The number of phenols is 1. The monoisotopic (exact) mass is 465 g/mol. The fraction of sp³-hybridized carbons (Fsp3) is 0.346. The first kappa shape index (κ1) is 26.3. The molecule has 2 unspecified atom stereocenters. The van der Waals surface area contributed by atoms with E-state index in [1.54, 1.807) is 52.0 Å². The number of nitrogens with one attached hydrogen (secondary N) is 2. The van der Waals surface area contributed by atoms with Crippen molar-refractivity contribution in [2.75, 3.05) is 5.32 Å². The molecule has 0 aliphatic carbocycles. The maximum absolute atomic E-state index is 13.4. The summed E-state index contributed by atoms with van der Waals surface area (Å²) in [4.78, 5) is 39.7. The highest BCUT2D eigenvalue weighted by atomic mass is 16.6. The van der Waals surface area contributed by atoms with Crippen LogP contribution in [0.25, 0.3) is 0 Å². The highest BCUT2D eigenvalue weighted by Crippen LogP contribution is 2.33. The van der Waals surface area contributed by atoms with Crippen molar-refractivity contribution in [2.24, 2.45) is 0 Å². The van der Waals surface area contributed by atoms with Gasteiger partial charge >= 0.3 is 6.09 Å². The number of anilines is 1. The van der Waals surface area contributed by atoms with Crippen molar-refractivity contribution in [2.45, 2.75) is 59.2 Å². The third-order valence-electron chi connectivity index (χ3n) is 4.95. The molecule has 0 heterocycles. The Morgan fingerprint density at radius 3 is 2.26 bits per heavy atom. The third kappa shape index (κ3) is 6.51. The van der Waals surface area contributed by atoms with E-state index in [9.17, 15) is 19.5 Å². The fourth-order valence-electron chi connectivity index (χ4n) is 3.23. The normalized spacial score (nSPS) is 12.6. The Morgan fingerprint density at radius 1 is 1.06 bits per heavy atom. The van der Waals surface area contributed by atoms with Gasteiger partial charge in [-0.25, -0.2) is 4.79 Å². The van der Waals surface area contributed by atoms with Crippen LogP contribution in [0.2, 0.25) is 0 Å². The van der Waals surface area contributed by atoms with Crippen molar-refractivity contribution in [1.82, 2.24) is 10.2 Å². The van der Waals surface area contributed by atoms with Gasteiger partial charge in [0, 0.05) is 17.3 Å². The second kappa shape index (κ2) is 10.8. The number of hydrogen-bond acceptors (Lipinski definition) is 5. The smallest absolute Gasteiger partial charge is 0.408 e. The number of benzene rings is 2. The van der Waals surface area contributed by atoms with Crippen molar-refractivity contribution in [3.63, 3.8) is 0 Å². The molecule has 34 heavy (non-hydrogen) atoms. The van der Waals surface area contributed by atoms with Gasteiger partial charge in [0.15, 0.2) is 6.04 Å². The van der Waals surface area contributed by atoms with E-state index < -0.39 is 35.6 Å². The van der Waals surface area contributed by atoms with Crippen LogP contribution in [0.15, 0.2) is 42.5 Å². The summed E-state index contributed by atoms with van der Waals surface area (Å²) < 4.78 is 5.20. The molecule has 8 heteroatoms. The highest BCUT2D eigenvalue weighted by Gasteiger charge is 2.36. The summed E-state index contributed by atoms with van der Waals surface area (Å²) >= 11 is 0. The SMILES string of the molecule is C#CN(C(=O)C(C)NC(=O)OC(C)(C)C)C(C(=O)Nc1ccccc1C)c1cccc(C)c1O. The van der Waals surface area contributed by atoms with Crippen LogP contribution in [0.5, 0.6) is 5.75 Å². The topological polar surface area (TPSA) is 108 Å². The molecule has 0 bridgehead atoms. The standard InChI is InChI=1S/C26H31N3O5/c1-8-29(24(32)18(4)27-25(33)34-26(5,6)7)21(19-14-11-13-17(3)22(19)30)23(31)28-20-15-10-9-12-16(20)2/h1,9-15,18,21,30H,2-7H3,(H,27,33)(H,28,31). The molecule has 2 rings (SSSR count). The van der Waals surface area contributed by atoms with Crippen LogP contribution in [-0.2, 0) is 14.3 Å². The van der Waals surface area contributed by atoms with Gasteiger partial charge in [-0.3, -0.25) is 14.5 Å². The molecule has 3 amide bonds. The molecule has 180 valence electrons. The average molecular weight is 466 g/mol. The zero-order valence-corrected chi connectivity index (χ0v) is 20.3. The number of nitrogens with zero attached hydrogens (tertiary/aromatic N) is 1. The second-order valence-corrected chi connectivity index (χ2v) is 8.92. The van der Waals surface area contributed by atoms with Crippen LogP contribution in [0.4, 0.5) is 10.5 Å². The van der Waals surface area contributed by atoms with Crippen LogP contribution < -0.4 is 10.6 Å². The molecule has 0 radical (unpaired) electrons. The number of carbonyl (C=O) groups excluding carboxylic acids is 3. The lowest BCUT2D eigenvalue weighted by Gasteiger charge is -2.30. The summed E-state index contributed by atoms with van der Waals surface area (Å²) in [6.45, 7) is 10.0. The van der Waals surface area contributed by atoms with Gasteiger partial charge in [-0.1, -0.05) is 42.8 Å². The van der Waals surface area contributed by atoms with E-state index in [2.05, 4.69) is 16.7 Å². The Hall–Kier alpha value is -3.99. The van der Waals surface area contributed by atoms with Crippen LogP contribution in [-0.4, -0.2) is 39.6 Å². The Kier molecular flexibility index (Phi) is 8.31. The zero-order chi connectivity index (χ0) is 25.6. The first-order chi connectivity index (χ1) is 15.9. The van der Waals surface area contributed by atoms with Gasteiger partial charge in [-0.15, -0.1) is 0 Å². The van der Waals surface area contributed by atoms with E-state index in [0.29, 0.717) is 11.3 Å². The second-order valence-electron chi connectivity index (χ2n) is 8.92. The predicted octanol–water partition coefficient (Wildman–Crippen LogP) is 4.02. The molecule has 0 spiro atoms. The number of terminal acetylenes is 1. The van der Waals surface area contributed by atoms with Crippen molar-refractivity contribution >= 4 is 23.6 Å². The average Bonchev–Trinajstić information content (AvgIpc) is 2.74. The van der Waals surface area contributed by atoms with Gasteiger partial charge in [-0.2, -0.15) is 0 Å². The summed E-state index contributed by atoms with van der Waals surface area (Å²) in [6.07, 6.45) is 4.88. The molecule has 0 fully saturated rings. The molecule has 0 aromatic heterocycles. The molecule has 3 N–H and O–H groups in total. The summed E-state index contributed by atoms with van der Waals surface area (Å²) in [7, 11) is 0. The van der Waals surface area contributed by atoms with Crippen molar-refractivity contribution in [1.29, 1.82) is 0 Å². The Balaban J connectivity index is 2.43. The van der Waals surface area contributed by atoms with E-state index >= 15 is 0 Å². The highest BCUT2D eigenvalue weighted by molar-refractivity contribution is 6.00. The minimum absolute atomic E-state index is 0.154. The first-order valence-electron chi connectivity index (χ1n) is 10.8. The third-order valence-corrected chi connectivity index (χ3v) is 4.95. The Labute approximate surface area is 200 Å². The molecular weight excluding hydrogens is 434 g/mol. The maximum Gasteiger partial charge on any atom is 0.408 e. The van der Waals surface area contributed by atoms with Gasteiger partial charge < -0.3 is 20.5 Å². The molecule has 2 aromatic rings. The molecule has 2 atom stereocenters. The molecule has 0 saturated heterocycles. The van der Waals surface area contributed by atoms with Crippen molar-refractivity contribution in [3.8, 4) is 18.2 Å². The predicted molar refractivity (Wildman–Crippen MR) is 130 cm³/mol. The molecule has 2 aromatic carbocycles. The summed E-state index contributed by atoms with van der Waals surface area (Å²) in [5.74, 6) is -1.50. The summed E-state index contributed by atoms with van der Waals surface area (Å²) in [5, 5.41) is 15.9. The number of aromatic hydroxyl groups is 1. The summed E-state index contributed by atoms with van der Waals surface area (Å²) in [6, 6.07) is 11.8. The molecule has 0 aliphatic heterocycles. The van der Waals surface area contributed by atoms with Gasteiger partial charge in [0.1, 0.15) is 17.4 Å². The summed E-state index contributed by atoms with van der Waals surface area (Å²) in [5.41, 5.74) is 1.25. The van der Waals surface area contributed by atoms with Crippen LogP contribution >= 0.6 is 0 Å². The number of para-hydroxylation sites is 2.